The molecule has 2 aliphatic heterocycles. The first-order valence-corrected chi connectivity index (χ1v) is 8.43. The zero-order valence-electron chi connectivity index (χ0n) is 13.3. The monoisotopic (exact) mass is 403 g/mol. The summed E-state index contributed by atoms with van der Waals surface area (Å²) < 4.78 is 11.2. The van der Waals surface area contributed by atoms with Gasteiger partial charge in [0.15, 0.2) is 22.9 Å². The lowest BCUT2D eigenvalue weighted by atomic mass is 9.88. The van der Waals surface area contributed by atoms with Gasteiger partial charge in [0.25, 0.3) is 5.91 Å². The summed E-state index contributed by atoms with van der Waals surface area (Å²) in [5, 5.41) is 11.0. The van der Waals surface area contributed by atoms with E-state index in [9.17, 15) is 14.7 Å². The van der Waals surface area contributed by atoms with Gasteiger partial charge in [0.2, 0.25) is 6.79 Å². The number of anilines is 1. The topological polar surface area (TPSA) is 76.1 Å². The van der Waals surface area contributed by atoms with E-state index < -0.39 is 11.5 Å². The fourth-order valence-corrected chi connectivity index (χ4v) is 3.57. The third-order valence-electron chi connectivity index (χ3n) is 4.53. The minimum atomic E-state index is -1.89. The smallest absolute Gasteiger partial charge is 0.263 e. The molecule has 1 amide bonds. The summed E-state index contributed by atoms with van der Waals surface area (Å²) in [6.07, 6.45) is -0.348. The molecule has 25 heavy (non-hydrogen) atoms. The van der Waals surface area contributed by atoms with Crippen molar-refractivity contribution in [3.63, 3.8) is 0 Å². The molecular weight excluding hydrogens is 390 g/mol. The molecule has 0 saturated carbocycles. The number of carbonyl (C=O) groups is 2. The second-order valence-corrected chi connectivity index (χ2v) is 6.97. The number of likely N-dealkylation sites (N-methyl/N-ethyl adjacent to an activating group) is 1. The number of benzene rings is 2. The Morgan fingerprint density at radius 1 is 1.24 bits per heavy atom. The van der Waals surface area contributed by atoms with Gasteiger partial charge in [-0.2, -0.15) is 0 Å². The molecule has 0 saturated heterocycles. The molecule has 0 radical (unpaired) electrons. The number of amides is 1. The second kappa shape index (κ2) is 5.57. The van der Waals surface area contributed by atoms with Gasteiger partial charge in [-0.15, -0.1) is 0 Å². The van der Waals surface area contributed by atoms with E-state index in [0.717, 1.165) is 4.47 Å². The van der Waals surface area contributed by atoms with Gasteiger partial charge >= 0.3 is 0 Å². The molecule has 1 N–H and O–H groups in total. The number of nitrogens with zero attached hydrogens (tertiary/aromatic N) is 1. The Morgan fingerprint density at radius 3 is 2.80 bits per heavy atom. The molecule has 0 aliphatic carbocycles. The zero-order chi connectivity index (χ0) is 17.8. The van der Waals surface area contributed by atoms with E-state index in [2.05, 4.69) is 15.9 Å². The highest BCUT2D eigenvalue weighted by molar-refractivity contribution is 9.10. The van der Waals surface area contributed by atoms with Gasteiger partial charge in [-0.05, 0) is 36.4 Å². The first-order valence-electron chi connectivity index (χ1n) is 7.63. The molecule has 0 spiro atoms. The first kappa shape index (κ1) is 16.1. The molecule has 6 nitrogen and oxygen atoms in total. The summed E-state index contributed by atoms with van der Waals surface area (Å²) in [4.78, 5) is 26.7. The Morgan fingerprint density at radius 2 is 2.00 bits per heavy atom. The van der Waals surface area contributed by atoms with Gasteiger partial charge in [-0.25, -0.2) is 0 Å². The number of halogens is 1. The Labute approximate surface area is 152 Å². The van der Waals surface area contributed by atoms with Gasteiger partial charge in [0, 0.05) is 22.6 Å². The maximum atomic E-state index is 12.7. The van der Waals surface area contributed by atoms with Crippen LogP contribution in [0.1, 0.15) is 22.3 Å². The van der Waals surface area contributed by atoms with E-state index in [1.807, 2.05) is 0 Å². The van der Waals surface area contributed by atoms with Crippen molar-refractivity contribution in [2.45, 2.75) is 12.0 Å². The number of hydrogen-bond acceptors (Lipinski definition) is 5. The number of ketones is 1. The predicted octanol–water partition coefficient (Wildman–Crippen LogP) is 2.61. The number of ether oxygens (including phenoxy) is 2. The molecule has 0 fully saturated rings. The van der Waals surface area contributed by atoms with Crippen molar-refractivity contribution in [3.8, 4) is 11.5 Å². The lowest BCUT2D eigenvalue weighted by Crippen LogP contribution is -2.40. The summed E-state index contributed by atoms with van der Waals surface area (Å²) >= 11 is 3.35. The Hall–Kier alpha value is -2.38. The highest BCUT2D eigenvalue weighted by atomic mass is 79.9. The van der Waals surface area contributed by atoms with Crippen molar-refractivity contribution in [2.24, 2.45) is 0 Å². The van der Waals surface area contributed by atoms with Crippen molar-refractivity contribution in [1.82, 2.24) is 0 Å². The number of hydrogen-bond donors (Lipinski definition) is 1. The van der Waals surface area contributed by atoms with Gasteiger partial charge in [0.05, 0.1) is 12.1 Å². The van der Waals surface area contributed by atoms with Crippen LogP contribution in [-0.2, 0) is 10.4 Å². The fraction of sp³-hybridized carbons (Fsp3) is 0.222. The average Bonchev–Trinajstić information content (AvgIpc) is 3.13. The van der Waals surface area contributed by atoms with E-state index in [1.165, 1.54) is 4.90 Å². The molecule has 2 heterocycles. The van der Waals surface area contributed by atoms with Gasteiger partial charge < -0.3 is 19.5 Å². The molecule has 128 valence electrons. The Bertz CT molecular complexity index is 912. The van der Waals surface area contributed by atoms with E-state index in [-0.39, 0.29) is 19.0 Å². The van der Waals surface area contributed by atoms with Gasteiger partial charge in [-0.1, -0.05) is 15.9 Å². The normalized spacial score (nSPS) is 20.8. The van der Waals surface area contributed by atoms with Crippen molar-refractivity contribution in [3.05, 3.63) is 52.0 Å². The number of Topliss-reactive ketones (excluding diaryl/α,β-unsaturated/α-hetero) is 1. The predicted molar refractivity (Wildman–Crippen MR) is 93.0 cm³/mol. The first-order chi connectivity index (χ1) is 11.9. The summed E-state index contributed by atoms with van der Waals surface area (Å²) in [6.45, 7) is 0.113. The molecule has 0 unspecified atom stereocenters. The molecule has 2 aromatic carbocycles. The third kappa shape index (κ3) is 2.42. The van der Waals surface area contributed by atoms with Crippen LogP contribution in [0.2, 0.25) is 0 Å². The number of aliphatic hydroxyl groups is 1. The van der Waals surface area contributed by atoms with Gasteiger partial charge in [-0.3, -0.25) is 9.59 Å². The van der Waals surface area contributed by atoms with Crippen LogP contribution in [0.4, 0.5) is 5.69 Å². The van der Waals surface area contributed by atoms with Crippen molar-refractivity contribution >= 4 is 33.3 Å². The standard InChI is InChI=1S/C18H14BrNO5/c1-20-13-4-3-11(19)7-12(13)18(23,17(20)22)8-14(21)10-2-5-15-16(6-10)25-9-24-15/h2-7,23H,8-9H2,1H3/t18-/m1/s1. The highest BCUT2D eigenvalue weighted by Crippen LogP contribution is 2.43. The fourth-order valence-electron chi connectivity index (χ4n) is 3.21. The van der Waals surface area contributed by atoms with Crippen molar-refractivity contribution in [2.75, 3.05) is 18.7 Å². The lowest BCUT2D eigenvalue weighted by Gasteiger charge is -2.21. The maximum absolute atomic E-state index is 12.7. The third-order valence-corrected chi connectivity index (χ3v) is 5.03. The molecule has 0 aromatic heterocycles. The largest absolute Gasteiger partial charge is 0.454 e. The minimum Gasteiger partial charge on any atom is -0.454 e. The molecule has 0 bridgehead atoms. The van der Waals surface area contributed by atoms with Crippen LogP contribution >= 0.6 is 15.9 Å². The zero-order valence-corrected chi connectivity index (χ0v) is 14.9. The summed E-state index contributed by atoms with van der Waals surface area (Å²) in [5.74, 6) is 0.183. The SMILES string of the molecule is CN1C(=O)[C@@](O)(CC(=O)c2ccc3c(c2)OCO3)c2cc(Br)ccc21. The summed E-state index contributed by atoms with van der Waals surface area (Å²) in [7, 11) is 1.58. The van der Waals surface area contributed by atoms with Crippen LogP contribution in [-0.4, -0.2) is 30.6 Å². The van der Waals surface area contributed by atoms with Crippen LogP contribution in [0.25, 0.3) is 0 Å². The minimum absolute atomic E-state index is 0.113. The van der Waals surface area contributed by atoms with Crippen molar-refractivity contribution < 1.29 is 24.2 Å². The molecule has 2 aromatic rings. The highest BCUT2D eigenvalue weighted by Gasteiger charge is 2.49. The van der Waals surface area contributed by atoms with Crippen molar-refractivity contribution in [1.29, 1.82) is 0 Å². The quantitative estimate of drug-likeness (QED) is 0.797. The van der Waals surface area contributed by atoms with Crippen LogP contribution in [0, 0.1) is 0 Å². The number of fused-ring (bicyclic) bond motifs is 2. The van der Waals surface area contributed by atoms with E-state index in [4.69, 9.17) is 9.47 Å². The Kier molecular flexibility index (Phi) is 3.59. The molecule has 2 aliphatic rings. The van der Waals surface area contributed by atoms with E-state index >= 15 is 0 Å². The number of rotatable bonds is 3. The Balaban J connectivity index is 1.69. The second-order valence-electron chi connectivity index (χ2n) is 6.05. The summed E-state index contributed by atoms with van der Waals surface area (Å²) in [6, 6.07) is 10.0. The molecular formula is C18H14BrNO5. The van der Waals surface area contributed by atoms with Crippen LogP contribution in [0.3, 0.4) is 0 Å². The van der Waals surface area contributed by atoms with Gasteiger partial charge in [0.1, 0.15) is 0 Å². The average molecular weight is 404 g/mol. The number of carbonyl (C=O) groups excluding carboxylic acids is 2. The summed E-state index contributed by atoms with van der Waals surface area (Å²) in [5.41, 5.74) is -0.518. The molecule has 1 atom stereocenters. The van der Waals surface area contributed by atoms with Crippen LogP contribution in [0.15, 0.2) is 40.9 Å². The molecule has 7 heteroatoms. The maximum Gasteiger partial charge on any atom is 0.263 e. The van der Waals surface area contributed by atoms with Crippen LogP contribution < -0.4 is 14.4 Å². The lowest BCUT2D eigenvalue weighted by molar-refractivity contribution is -0.135. The molecule has 4 rings (SSSR count). The van der Waals surface area contributed by atoms with E-state index in [0.29, 0.717) is 28.3 Å². The van der Waals surface area contributed by atoms with Crippen LogP contribution in [0.5, 0.6) is 11.5 Å². The van der Waals surface area contributed by atoms with E-state index in [1.54, 1.807) is 43.4 Å².